The molecule has 8 heteroatoms. The predicted molar refractivity (Wildman–Crippen MR) is 212 cm³/mol. The monoisotopic (exact) mass is 734 g/mol. The Kier molecular flexibility index (Phi) is 41.7. The van der Waals surface area contributed by atoms with Gasteiger partial charge < -0.3 is 29.1 Å². The van der Waals surface area contributed by atoms with Gasteiger partial charge in [0, 0.05) is 19.6 Å². The number of quaternary nitrogens is 1. The molecule has 0 amide bonds. The molecule has 0 saturated carbocycles. The first-order valence-corrected chi connectivity index (χ1v) is 23.6. The van der Waals surface area contributed by atoms with Gasteiger partial charge in [-0.25, -0.2) is 0 Å². The number of rotatable bonds is 44. The second kappa shape index (κ2) is 41.7. The quantitative estimate of drug-likeness (QED) is 0.0494. The number of phosphoric acid groups is 1. The van der Waals surface area contributed by atoms with Crippen LogP contribution in [-0.4, -0.2) is 45.7 Å². The fourth-order valence-electron chi connectivity index (χ4n) is 6.50. The molecule has 0 spiro atoms. The fourth-order valence-corrected chi connectivity index (χ4v) is 7.28. The van der Waals surface area contributed by atoms with Crippen molar-refractivity contribution >= 4 is 7.82 Å². The van der Waals surface area contributed by atoms with Crippen LogP contribution < -0.4 is 10.6 Å². The molecule has 0 aliphatic carbocycles. The number of hydrogen-bond acceptors (Lipinski definition) is 6. The molecule has 0 bridgehead atoms. The van der Waals surface area contributed by atoms with E-state index in [-0.39, 0.29) is 13.2 Å². The third-order valence-electron chi connectivity index (χ3n) is 9.86. The third-order valence-corrected chi connectivity index (χ3v) is 10.8. The summed E-state index contributed by atoms with van der Waals surface area (Å²) in [5.74, 6) is 0. The lowest BCUT2D eigenvalue weighted by Gasteiger charge is -2.25. The van der Waals surface area contributed by atoms with Gasteiger partial charge in [-0.1, -0.05) is 206 Å². The highest BCUT2D eigenvalue weighted by atomic mass is 31.2. The molecule has 3 N–H and O–H groups in total. The Hall–Kier alpha value is -0.0100. The van der Waals surface area contributed by atoms with Crippen LogP contribution >= 0.6 is 7.82 Å². The standard InChI is InChI=1S/C42H88NO6P/c1-3-5-7-9-11-13-15-17-19-21-23-25-27-29-31-33-37-46-40-42(41-49-50(44,45)48-39-35-36-43)47-38-34-32-30-28-26-24-22-20-18-16-14-12-10-8-6-4-2/h42H,3-41,43H2,1-2H3,(H,44,45). The fraction of sp³-hybridized carbons (Fsp3) is 1.00. The number of unbranched alkanes of at least 4 members (excludes halogenated alkanes) is 30. The van der Waals surface area contributed by atoms with Gasteiger partial charge in [0.1, 0.15) is 6.10 Å². The summed E-state index contributed by atoms with van der Waals surface area (Å²) < 4.78 is 34.2. The lowest BCUT2D eigenvalue weighted by Crippen LogP contribution is -2.50. The normalized spacial score (nSPS) is 13.6. The van der Waals surface area contributed by atoms with Crippen LogP contribution in [0.4, 0.5) is 0 Å². The van der Waals surface area contributed by atoms with Crippen LogP contribution in [0.25, 0.3) is 0 Å². The van der Waals surface area contributed by atoms with E-state index in [2.05, 4.69) is 19.6 Å². The molecule has 0 heterocycles. The first-order valence-electron chi connectivity index (χ1n) is 22.1. The van der Waals surface area contributed by atoms with E-state index < -0.39 is 13.9 Å². The van der Waals surface area contributed by atoms with Crippen molar-refractivity contribution in [1.82, 2.24) is 0 Å². The van der Waals surface area contributed by atoms with Gasteiger partial charge in [0.15, 0.2) is 0 Å². The van der Waals surface area contributed by atoms with Crippen LogP contribution in [0.3, 0.4) is 0 Å². The highest BCUT2D eigenvalue weighted by molar-refractivity contribution is 7.45. The van der Waals surface area contributed by atoms with Crippen molar-refractivity contribution in [3.8, 4) is 0 Å². The Morgan fingerprint density at radius 1 is 0.440 bits per heavy atom. The summed E-state index contributed by atoms with van der Waals surface area (Å²) in [6.07, 6.45) is 43.1. The smallest absolute Gasteiger partial charge is 0.267 e. The maximum atomic E-state index is 12.2. The molecule has 0 radical (unpaired) electrons. The van der Waals surface area contributed by atoms with Crippen LogP contribution in [0.15, 0.2) is 0 Å². The molecule has 0 aromatic heterocycles. The zero-order valence-electron chi connectivity index (χ0n) is 33.8. The number of ether oxygens (including phenoxy) is 2. The van der Waals surface area contributed by atoms with E-state index in [4.69, 9.17) is 18.5 Å². The van der Waals surface area contributed by atoms with Gasteiger partial charge in [0.2, 0.25) is 0 Å². The third kappa shape index (κ3) is 40.8. The molecule has 50 heavy (non-hydrogen) atoms. The van der Waals surface area contributed by atoms with Crippen LogP contribution in [0.2, 0.25) is 0 Å². The molecular weight excluding hydrogens is 645 g/mol. The van der Waals surface area contributed by atoms with Crippen LogP contribution in [0.5, 0.6) is 0 Å². The maximum Gasteiger partial charge on any atom is 0.267 e. The van der Waals surface area contributed by atoms with Gasteiger partial charge in [-0.3, -0.25) is 4.57 Å². The number of phosphoric ester groups is 1. The van der Waals surface area contributed by atoms with E-state index >= 15 is 0 Å². The summed E-state index contributed by atoms with van der Waals surface area (Å²) in [5, 5.41) is 0. The first-order chi connectivity index (χ1) is 24.6. The summed E-state index contributed by atoms with van der Waals surface area (Å²) in [5.41, 5.74) is 3.72. The Morgan fingerprint density at radius 3 is 1.14 bits per heavy atom. The Labute approximate surface area is 312 Å². The first kappa shape index (κ1) is 50.0. The van der Waals surface area contributed by atoms with Crippen molar-refractivity contribution in [2.45, 2.75) is 232 Å². The van der Waals surface area contributed by atoms with Gasteiger partial charge in [0.05, 0.1) is 26.4 Å². The molecule has 0 fully saturated rings. The zero-order chi connectivity index (χ0) is 36.5. The van der Waals surface area contributed by atoms with Gasteiger partial charge >= 0.3 is 0 Å². The van der Waals surface area contributed by atoms with E-state index in [0.29, 0.717) is 32.8 Å². The maximum absolute atomic E-state index is 12.2. The van der Waals surface area contributed by atoms with Crippen LogP contribution in [0, 0.1) is 0 Å². The van der Waals surface area contributed by atoms with Gasteiger partial charge in [-0.2, -0.15) is 0 Å². The molecule has 0 aliphatic heterocycles. The molecule has 0 saturated heterocycles. The molecular formula is C42H88NO6P. The van der Waals surface area contributed by atoms with E-state index in [1.165, 1.54) is 186 Å². The van der Waals surface area contributed by atoms with E-state index in [1.807, 2.05) is 0 Å². The summed E-state index contributed by atoms with van der Waals surface area (Å²) in [6.45, 7) is 6.84. The number of hydrogen-bond donors (Lipinski definition) is 1. The molecule has 2 atom stereocenters. The lowest BCUT2D eigenvalue weighted by molar-refractivity contribution is -0.369. The van der Waals surface area contributed by atoms with Gasteiger partial charge in [-0.05, 0) is 12.8 Å². The molecule has 0 rings (SSSR count). The zero-order valence-corrected chi connectivity index (χ0v) is 34.7. The molecule has 7 nitrogen and oxygen atoms in total. The second-order valence-electron chi connectivity index (χ2n) is 15.0. The SMILES string of the molecule is CCCCCCCCCCCCCCCCCCOCC(COP(=O)([O-])OCCC[NH3+])OCCCCCCCCCCCCCCCCCC. The van der Waals surface area contributed by atoms with Crippen molar-refractivity contribution in [2.24, 2.45) is 0 Å². The molecule has 302 valence electrons. The minimum absolute atomic E-state index is 0.0665. The minimum atomic E-state index is -4.35. The van der Waals surface area contributed by atoms with Crippen molar-refractivity contribution in [2.75, 3.05) is 39.6 Å². The lowest BCUT2D eigenvalue weighted by atomic mass is 10.0. The van der Waals surface area contributed by atoms with Crippen LogP contribution in [-0.2, 0) is 23.1 Å². The van der Waals surface area contributed by atoms with Crippen molar-refractivity contribution in [3.05, 3.63) is 0 Å². The van der Waals surface area contributed by atoms with Crippen LogP contribution in [0.1, 0.15) is 226 Å². The van der Waals surface area contributed by atoms with Gasteiger partial charge in [0.25, 0.3) is 7.82 Å². The highest BCUT2D eigenvalue weighted by Gasteiger charge is 2.16. The summed E-state index contributed by atoms with van der Waals surface area (Å²) in [6, 6.07) is 0. The molecule has 0 aliphatic rings. The molecule has 2 unspecified atom stereocenters. The second-order valence-corrected chi connectivity index (χ2v) is 16.4. The van der Waals surface area contributed by atoms with Gasteiger partial charge in [-0.15, -0.1) is 0 Å². The van der Waals surface area contributed by atoms with E-state index in [9.17, 15) is 9.46 Å². The Bertz CT molecular complexity index is 685. The molecule has 0 aromatic carbocycles. The average molecular weight is 734 g/mol. The Morgan fingerprint density at radius 2 is 0.780 bits per heavy atom. The summed E-state index contributed by atoms with van der Waals surface area (Å²) >= 11 is 0. The topological polar surface area (TPSA) is 105 Å². The predicted octanol–water partition coefficient (Wildman–Crippen LogP) is 12.0. The highest BCUT2D eigenvalue weighted by Crippen LogP contribution is 2.38. The van der Waals surface area contributed by atoms with Crippen molar-refractivity contribution in [3.63, 3.8) is 0 Å². The van der Waals surface area contributed by atoms with Crippen molar-refractivity contribution in [1.29, 1.82) is 0 Å². The van der Waals surface area contributed by atoms with Crippen molar-refractivity contribution < 1.29 is 33.7 Å². The largest absolute Gasteiger partial charge is 0.756 e. The van der Waals surface area contributed by atoms with E-state index in [1.54, 1.807) is 0 Å². The molecule has 0 aromatic rings. The average Bonchev–Trinajstić information content (AvgIpc) is 3.11. The van der Waals surface area contributed by atoms with E-state index in [0.717, 1.165) is 19.3 Å². The summed E-state index contributed by atoms with van der Waals surface area (Å²) in [7, 11) is -4.35. The summed E-state index contributed by atoms with van der Waals surface area (Å²) in [4.78, 5) is 12.2. The minimum Gasteiger partial charge on any atom is -0.756 e. The Balaban J connectivity index is 3.90.